The van der Waals surface area contributed by atoms with E-state index in [-0.39, 0.29) is 41.1 Å². The summed E-state index contributed by atoms with van der Waals surface area (Å²) >= 11 is 1.21. The number of anilines is 1. The molecule has 2 aliphatic rings. The van der Waals surface area contributed by atoms with E-state index in [0.29, 0.717) is 17.7 Å². The molecule has 1 saturated heterocycles. The topological polar surface area (TPSA) is 86.7 Å². The smallest absolute Gasteiger partial charge is 0.348 e. The van der Waals surface area contributed by atoms with Crippen LogP contribution in [-0.4, -0.2) is 35.0 Å². The van der Waals surface area contributed by atoms with E-state index >= 15 is 0 Å². The molecule has 1 aliphatic heterocycles. The number of nitrogens with one attached hydrogen (secondary N) is 1. The fourth-order valence-corrected chi connectivity index (χ4v) is 6.63. The highest BCUT2D eigenvalue weighted by atomic mass is 32.1. The number of thiophene rings is 1. The largest absolute Gasteiger partial charge is 0.477 e. The molecule has 6 nitrogen and oxygen atoms in total. The third-order valence-electron chi connectivity index (χ3n) is 7.34. The van der Waals surface area contributed by atoms with Crippen LogP contribution in [0.4, 0.5) is 5.69 Å². The summed E-state index contributed by atoms with van der Waals surface area (Å²) in [5, 5.41) is 13.1. The van der Waals surface area contributed by atoms with E-state index in [1.54, 1.807) is 17.0 Å². The molecule has 1 aliphatic carbocycles. The number of carbonyl (C=O) groups excluding carboxylic acids is 2. The Hall–Kier alpha value is -3.45. The van der Waals surface area contributed by atoms with E-state index in [2.05, 4.69) is 5.32 Å². The Balaban J connectivity index is 1.47. The molecule has 7 heteroatoms. The third kappa shape index (κ3) is 5.07. The Kier molecular flexibility index (Phi) is 7.18. The van der Waals surface area contributed by atoms with Gasteiger partial charge in [-0.3, -0.25) is 9.59 Å². The number of rotatable bonds is 6. The normalized spacial score (nSPS) is 20.8. The van der Waals surface area contributed by atoms with Gasteiger partial charge in [0.2, 0.25) is 5.91 Å². The van der Waals surface area contributed by atoms with Gasteiger partial charge in [0, 0.05) is 28.9 Å². The predicted molar refractivity (Wildman–Crippen MR) is 141 cm³/mol. The Bertz CT molecular complexity index is 1230. The lowest BCUT2D eigenvalue weighted by molar-refractivity contribution is -0.121. The van der Waals surface area contributed by atoms with Crippen molar-refractivity contribution in [2.75, 3.05) is 4.90 Å². The van der Waals surface area contributed by atoms with Crippen molar-refractivity contribution in [2.24, 2.45) is 5.92 Å². The minimum absolute atomic E-state index is 0.130. The maximum Gasteiger partial charge on any atom is 0.348 e. The highest BCUT2D eigenvalue weighted by molar-refractivity contribution is 7.18. The van der Waals surface area contributed by atoms with Crippen LogP contribution >= 0.6 is 11.3 Å². The van der Waals surface area contributed by atoms with Crippen molar-refractivity contribution in [3.63, 3.8) is 0 Å². The van der Waals surface area contributed by atoms with Crippen LogP contribution in [0.5, 0.6) is 0 Å². The van der Waals surface area contributed by atoms with Crippen LogP contribution in [0, 0.1) is 5.92 Å². The molecular weight excluding hydrogens is 472 g/mol. The van der Waals surface area contributed by atoms with E-state index in [1.165, 1.54) is 17.8 Å². The van der Waals surface area contributed by atoms with Gasteiger partial charge in [-0.1, -0.05) is 67.8 Å². The fraction of sp³-hybridized carbons (Fsp3) is 0.345. The molecule has 0 spiro atoms. The summed E-state index contributed by atoms with van der Waals surface area (Å²) in [5.41, 5.74) is 1.99. The summed E-state index contributed by atoms with van der Waals surface area (Å²) in [6.45, 7) is 0. The Morgan fingerprint density at radius 2 is 1.61 bits per heavy atom. The van der Waals surface area contributed by atoms with Crippen molar-refractivity contribution in [2.45, 2.75) is 57.0 Å². The first-order valence-corrected chi connectivity index (χ1v) is 13.4. The van der Waals surface area contributed by atoms with Gasteiger partial charge in [-0.15, -0.1) is 11.3 Å². The van der Waals surface area contributed by atoms with Crippen molar-refractivity contribution in [1.82, 2.24) is 5.32 Å². The molecule has 0 bridgehead atoms. The highest BCUT2D eigenvalue weighted by Crippen LogP contribution is 2.43. The average Bonchev–Trinajstić information content (AvgIpc) is 3.35. The Morgan fingerprint density at radius 1 is 0.944 bits per heavy atom. The summed E-state index contributed by atoms with van der Waals surface area (Å²) in [5.74, 6) is -1.06. The standard InChI is InChI=1S/C29H30N2O4S/c32-26-17-22(30-28(33)21-14-8-3-9-15-21)16-23(19-10-4-1-5-11-19)31(26)24-18-25(36-27(24)29(34)35)20-12-6-2-7-13-20/h2-3,6-9,12-15,18-19,22-23H,1,4-5,10-11,16-17H2,(H,30,33)(H,34,35)/t22-,23-/m1/s1. The van der Waals surface area contributed by atoms with Gasteiger partial charge < -0.3 is 15.3 Å². The first-order valence-electron chi connectivity index (χ1n) is 12.6. The van der Waals surface area contributed by atoms with Crippen LogP contribution in [0.2, 0.25) is 0 Å². The maximum atomic E-state index is 13.7. The molecule has 2 amide bonds. The second-order valence-electron chi connectivity index (χ2n) is 9.70. The van der Waals surface area contributed by atoms with Gasteiger partial charge in [0.15, 0.2) is 0 Å². The summed E-state index contributed by atoms with van der Waals surface area (Å²) in [7, 11) is 0. The van der Waals surface area contributed by atoms with E-state index in [1.807, 2.05) is 54.6 Å². The summed E-state index contributed by atoms with van der Waals surface area (Å²) in [6, 6.07) is 20.1. The van der Waals surface area contributed by atoms with Crippen molar-refractivity contribution in [3.05, 3.63) is 77.2 Å². The fourth-order valence-electron chi connectivity index (χ4n) is 5.64. The molecule has 2 aromatic carbocycles. The molecule has 0 unspecified atom stereocenters. The lowest BCUT2D eigenvalue weighted by atomic mass is 9.78. The predicted octanol–water partition coefficient (Wildman–Crippen LogP) is 5.99. The van der Waals surface area contributed by atoms with Gasteiger partial charge in [-0.25, -0.2) is 4.79 Å². The molecule has 3 aromatic rings. The van der Waals surface area contributed by atoms with Crippen LogP contribution in [0.3, 0.4) is 0 Å². The second kappa shape index (κ2) is 10.7. The number of carboxylic acids is 1. The van der Waals surface area contributed by atoms with Crippen LogP contribution in [0.15, 0.2) is 66.7 Å². The summed E-state index contributed by atoms with van der Waals surface area (Å²) in [6.07, 6.45) is 6.17. The van der Waals surface area contributed by atoms with Gasteiger partial charge in [0.1, 0.15) is 4.88 Å². The number of aromatic carboxylic acids is 1. The van der Waals surface area contributed by atoms with Crippen LogP contribution < -0.4 is 10.2 Å². The minimum atomic E-state index is -1.02. The van der Waals surface area contributed by atoms with Crippen molar-refractivity contribution in [1.29, 1.82) is 0 Å². The van der Waals surface area contributed by atoms with E-state index < -0.39 is 5.97 Å². The molecule has 5 rings (SSSR count). The third-order valence-corrected chi connectivity index (χ3v) is 8.50. The number of benzene rings is 2. The molecule has 2 fully saturated rings. The Morgan fingerprint density at radius 3 is 2.28 bits per heavy atom. The first-order chi connectivity index (χ1) is 17.5. The minimum Gasteiger partial charge on any atom is -0.477 e. The monoisotopic (exact) mass is 502 g/mol. The zero-order chi connectivity index (χ0) is 25.1. The van der Waals surface area contributed by atoms with E-state index in [4.69, 9.17) is 0 Å². The van der Waals surface area contributed by atoms with Gasteiger partial charge >= 0.3 is 5.97 Å². The van der Waals surface area contributed by atoms with Crippen LogP contribution in [-0.2, 0) is 4.79 Å². The number of carbonyl (C=O) groups is 3. The van der Waals surface area contributed by atoms with Crippen molar-refractivity contribution >= 4 is 34.8 Å². The molecule has 2 N–H and O–H groups in total. The number of carboxylic acid groups (broad SMARTS) is 1. The summed E-state index contributed by atoms with van der Waals surface area (Å²) < 4.78 is 0. The zero-order valence-electron chi connectivity index (χ0n) is 20.1. The number of amides is 2. The molecule has 0 radical (unpaired) electrons. The zero-order valence-corrected chi connectivity index (χ0v) is 20.9. The van der Waals surface area contributed by atoms with E-state index in [9.17, 15) is 19.5 Å². The quantitative estimate of drug-likeness (QED) is 0.434. The molecule has 1 saturated carbocycles. The highest BCUT2D eigenvalue weighted by Gasteiger charge is 2.41. The van der Waals surface area contributed by atoms with Crippen molar-refractivity contribution in [3.8, 4) is 10.4 Å². The van der Waals surface area contributed by atoms with Gasteiger partial charge in [-0.2, -0.15) is 0 Å². The average molecular weight is 503 g/mol. The SMILES string of the molecule is O=C(N[C@H]1CC(=O)N(c2cc(-c3ccccc3)sc2C(=O)O)[C@@H](C2CCCCC2)C1)c1ccccc1. The molecule has 2 heterocycles. The number of hydrogen-bond donors (Lipinski definition) is 2. The second-order valence-corrected chi connectivity index (χ2v) is 10.8. The van der Waals surface area contributed by atoms with Gasteiger partial charge in [-0.05, 0) is 48.9 Å². The molecule has 2 atom stereocenters. The number of nitrogens with zero attached hydrogens (tertiary/aromatic N) is 1. The number of piperidine rings is 1. The van der Waals surface area contributed by atoms with Crippen LogP contribution in [0.25, 0.3) is 10.4 Å². The summed E-state index contributed by atoms with van der Waals surface area (Å²) in [4.78, 5) is 41.6. The molecule has 36 heavy (non-hydrogen) atoms. The Labute approximate surface area is 215 Å². The van der Waals surface area contributed by atoms with E-state index in [0.717, 1.165) is 36.1 Å². The van der Waals surface area contributed by atoms with Crippen molar-refractivity contribution < 1.29 is 19.5 Å². The molecular formula is C29H30N2O4S. The number of hydrogen-bond acceptors (Lipinski definition) is 4. The maximum absolute atomic E-state index is 13.7. The first kappa shape index (κ1) is 24.3. The van der Waals surface area contributed by atoms with Crippen LogP contribution in [0.1, 0.15) is 65.0 Å². The molecule has 1 aromatic heterocycles. The lowest BCUT2D eigenvalue weighted by Crippen LogP contribution is -2.56. The van der Waals surface area contributed by atoms with Gasteiger partial charge in [0.25, 0.3) is 5.91 Å². The lowest BCUT2D eigenvalue weighted by Gasteiger charge is -2.44. The molecule has 186 valence electrons. The van der Waals surface area contributed by atoms with Gasteiger partial charge in [0.05, 0.1) is 5.69 Å².